The molecule has 4 heteroatoms. The Morgan fingerprint density at radius 1 is 1.42 bits per heavy atom. The molecule has 0 aliphatic rings. The Morgan fingerprint density at radius 3 is 2.33 bits per heavy atom. The van der Waals surface area contributed by atoms with E-state index in [9.17, 15) is 9.90 Å². The van der Waals surface area contributed by atoms with E-state index in [-0.39, 0.29) is 5.92 Å². The lowest BCUT2D eigenvalue weighted by atomic mass is 9.98. The van der Waals surface area contributed by atoms with E-state index in [1.165, 1.54) is 0 Å². The number of aliphatic hydroxyl groups is 1. The molecule has 0 fully saturated rings. The van der Waals surface area contributed by atoms with E-state index in [2.05, 4.69) is 5.32 Å². The molecule has 0 saturated heterocycles. The molecule has 0 bridgehead atoms. The predicted molar refractivity (Wildman–Crippen MR) is 46.1 cm³/mol. The molecule has 0 radical (unpaired) electrons. The number of carboxylic acid groups (broad SMARTS) is 1. The summed E-state index contributed by atoms with van der Waals surface area (Å²) < 4.78 is 0. The molecule has 0 aliphatic heterocycles. The Hall–Kier alpha value is -0.770. The van der Waals surface area contributed by atoms with Crippen molar-refractivity contribution in [3.8, 4) is 0 Å². The van der Waals surface area contributed by atoms with Gasteiger partial charge in [-0.15, -0.1) is 0 Å². The lowest BCUT2D eigenvalue weighted by Gasteiger charge is -2.19. The quantitative estimate of drug-likeness (QED) is 0.585. The van der Waals surface area contributed by atoms with Crippen molar-refractivity contribution in [3.63, 3.8) is 0 Å². The number of carbonyl (C=O) groups is 1. The van der Waals surface area contributed by atoms with Crippen LogP contribution in [0, 0.1) is 5.92 Å². The van der Waals surface area contributed by atoms with Crippen LogP contribution in [0.4, 0.5) is 4.79 Å². The lowest BCUT2D eigenvalue weighted by Crippen LogP contribution is -2.33. The minimum Gasteiger partial charge on any atom is -0.465 e. The maximum Gasteiger partial charge on any atom is 0.404 e. The Balaban J connectivity index is 3.74. The minimum atomic E-state index is -1.03. The molecule has 1 amide bonds. The summed E-state index contributed by atoms with van der Waals surface area (Å²) >= 11 is 0. The summed E-state index contributed by atoms with van der Waals surface area (Å²) in [6.07, 6.45) is 0.0216. The van der Waals surface area contributed by atoms with Crippen molar-refractivity contribution in [3.05, 3.63) is 0 Å². The lowest BCUT2D eigenvalue weighted by molar-refractivity contribution is 0.0995. The van der Waals surface area contributed by atoms with Gasteiger partial charge >= 0.3 is 6.09 Å². The highest BCUT2D eigenvalue weighted by Crippen LogP contribution is 2.10. The molecule has 0 rings (SSSR count). The molecular weight excluding hydrogens is 158 g/mol. The first-order chi connectivity index (χ1) is 5.61. The van der Waals surface area contributed by atoms with Crippen LogP contribution in [0.5, 0.6) is 0 Å². The van der Waals surface area contributed by atoms with Crippen LogP contribution in [-0.4, -0.2) is 29.0 Å². The number of hydrogen-bond acceptors (Lipinski definition) is 2. The molecule has 0 heterocycles. The highest BCUT2D eigenvalue weighted by atomic mass is 16.4. The topological polar surface area (TPSA) is 69.6 Å². The van der Waals surface area contributed by atoms with Crippen LogP contribution in [0.15, 0.2) is 0 Å². The summed E-state index contributed by atoms with van der Waals surface area (Å²) in [5.41, 5.74) is 0. The van der Waals surface area contributed by atoms with Gasteiger partial charge in [0.25, 0.3) is 0 Å². The molecule has 2 atom stereocenters. The fourth-order valence-corrected chi connectivity index (χ4v) is 1.10. The van der Waals surface area contributed by atoms with E-state index >= 15 is 0 Å². The molecule has 1 unspecified atom stereocenters. The molecule has 4 nitrogen and oxygen atoms in total. The molecular formula is C8H17NO3. The highest BCUT2D eigenvalue weighted by Gasteiger charge is 2.15. The third-order valence-electron chi connectivity index (χ3n) is 2.00. The first-order valence-corrected chi connectivity index (χ1v) is 4.26. The smallest absolute Gasteiger partial charge is 0.404 e. The second kappa shape index (κ2) is 5.83. The summed E-state index contributed by atoms with van der Waals surface area (Å²) in [6, 6.07) is 0. The fourth-order valence-electron chi connectivity index (χ4n) is 1.10. The van der Waals surface area contributed by atoms with Gasteiger partial charge in [-0.1, -0.05) is 13.8 Å². The Morgan fingerprint density at radius 2 is 2.00 bits per heavy atom. The third-order valence-corrected chi connectivity index (χ3v) is 2.00. The average Bonchev–Trinajstić information content (AvgIpc) is 2.04. The van der Waals surface area contributed by atoms with E-state index in [0.717, 1.165) is 6.42 Å². The molecule has 0 saturated carbocycles. The van der Waals surface area contributed by atoms with E-state index < -0.39 is 12.2 Å². The molecule has 72 valence electrons. The van der Waals surface area contributed by atoms with Gasteiger partial charge in [-0.2, -0.15) is 0 Å². The molecule has 0 aromatic heterocycles. The van der Waals surface area contributed by atoms with Crippen molar-refractivity contribution in [2.24, 2.45) is 5.92 Å². The minimum absolute atomic E-state index is 0.0334. The van der Waals surface area contributed by atoms with Crippen molar-refractivity contribution in [2.75, 3.05) is 6.54 Å². The zero-order valence-corrected chi connectivity index (χ0v) is 7.58. The predicted octanol–water partition coefficient (Wildman–Crippen LogP) is 1.05. The van der Waals surface area contributed by atoms with Crippen LogP contribution in [0.1, 0.15) is 26.7 Å². The van der Waals surface area contributed by atoms with E-state index in [1.54, 1.807) is 0 Å². The van der Waals surface area contributed by atoms with Gasteiger partial charge < -0.3 is 15.5 Å². The average molecular weight is 175 g/mol. The molecule has 0 spiro atoms. The van der Waals surface area contributed by atoms with Gasteiger partial charge in [-0.25, -0.2) is 4.79 Å². The van der Waals surface area contributed by atoms with Crippen LogP contribution < -0.4 is 5.32 Å². The van der Waals surface area contributed by atoms with Gasteiger partial charge in [-0.05, 0) is 12.8 Å². The second-order valence-electron chi connectivity index (χ2n) is 2.83. The van der Waals surface area contributed by atoms with Crippen LogP contribution in [-0.2, 0) is 0 Å². The van der Waals surface area contributed by atoms with Crippen molar-refractivity contribution in [1.82, 2.24) is 5.32 Å². The first-order valence-electron chi connectivity index (χ1n) is 4.26. The second-order valence-corrected chi connectivity index (χ2v) is 2.83. The monoisotopic (exact) mass is 175 g/mol. The summed E-state index contributed by atoms with van der Waals surface area (Å²) in [5, 5.41) is 20.0. The number of hydrogen-bond donors (Lipinski definition) is 3. The Labute approximate surface area is 72.6 Å². The van der Waals surface area contributed by atoms with E-state index in [0.29, 0.717) is 13.0 Å². The van der Waals surface area contributed by atoms with Crippen molar-refractivity contribution < 1.29 is 15.0 Å². The van der Waals surface area contributed by atoms with Gasteiger partial charge in [0, 0.05) is 12.5 Å². The highest BCUT2D eigenvalue weighted by molar-refractivity contribution is 5.64. The molecule has 0 aromatic carbocycles. The maximum atomic E-state index is 10.1. The van der Waals surface area contributed by atoms with Gasteiger partial charge in [0.2, 0.25) is 0 Å². The largest absolute Gasteiger partial charge is 0.465 e. The number of aliphatic hydroxyl groups excluding tert-OH is 1. The standard InChI is InChI=1S/C8H17NO3/c1-3-6(7(10)4-2)5-9-8(11)12/h6-7,9-10H,3-5H2,1-2H3,(H,11,12)/t6-,7?/m1/s1. The van der Waals surface area contributed by atoms with Crippen LogP contribution in [0.25, 0.3) is 0 Å². The maximum absolute atomic E-state index is 10.1. The molecule has 3 N–H and O–H groups in total. The zero-order chi connectivity index (χ0) is 9.56. The van der Waals surface area contributed by atoms with Gasteiger partial charge in [0.15, 0.2) is 0 Å². The summed E-state index contributed by atoms with van der Waals surface area (Å²) in [7, 11) is 0. The Bertz CT molecular complexity index is 138. The first kappa shape index (κ1) is 11.2. The molecule has 0 aromatic rings. The third kappa shape index (κ3) is 4.18. The van der Waals surface area contributed by atoms with Gasteiger partial charge in [0.05, 0.1) is 6.10 Å². The van der Waals surface area contributed by atoms with Crippen LogP contribution in [0.2, 0.25) is 0 Å². The summed E-state index contributed by atoms with van der Waals surface area (Å²) in [4.78, 5) is 10.1. The van der Waals surface area contributed by atoms with Crippen molar-refractivity contribution in [1.29, 1.82) is 0 Å². The molecule has 0 aliphatic carbocycles. The van der Waals surface area contributed by atoms with Gasteiger partial charge in [-0.3, -0.25) is 0 Å². The van der Waals surface area contributed by atoms with Crippen LogP contribution in [0.3, 0.4) is 0 Å². The van der Waals surface area contributed by atoms with Gasteiger partial charge in [0.1, 0.15) is 0 Å². The number of amides is 1. The summed E-state index contributed by atoms with van der Waals surface area (Å²) in [6.45, 7) is 4.15. The molecule has 12 heavy (non-hydrogen) atoms. The zero-order valence-electron chi connectivity index (χ0n) is 7.58. The van der Waals surface area contributed by atoms with E-state index in [4.69, 9.17) is 5.11 Å². The number of nitrogens with one attached hydrogen (secondary N) is 1. The Kier molecular flexibility index (Phi) is 5.45. The van der Waals surface area contributed by atoms with Crippen molar-refractivity contribution in [2.45, 2.75) is 32.8 Å². The van der Waals surface area contributed by atoms with E-state index in [1.807, 2.05) is 13.8 Å². The summed E-state index contributed by atoms with van der Waals surface area (Å²) in [5.74, 6) is 0.0334. The van der Waals surface area contributed by atoms with Crippen LogP contribution >= 0.6 is 0 Å². The fraction of sp³-hybridized carbons (Fsp3) is 0.875. The van der Waals surface area contributed by atoms with Crippen molar-refractivity contribution >= 4 is 6.09 Å². The number of rotatable bonds is 5. The SMILES string of the molecule is CCC(O)[C@H](CC)CNC(=O)O. The normalized spacial score (nSPS) is 15.2.